The van der Waals surface area contributed by atoms with Crippen LogP contribution >= 0.6 is 0 Å². The van der Waals surface area contributed by atoms with E-state index in [0.29, 0.717) is 36.3 Å². The number of aliphatic carboxylic acids is 1. The van der Waals surface area contributed by atoms with Crippen molar-refractivity contribution in [1.82, 2.24) is 5.32 Å². The Hall–Kier alpha value is -1.36. The molecule has 0 amide bonds. The molecule has 5 nitrogen and oxygen atoms in total. The van der Waals surface area contributed by atoms with Crippen molar-refractivity contribution in [2.45, 2.75) is 131 Å². The third-order valence-corrected chi connectivity index (χ3v) is 14.7. The number of nitrogens with one attached hydrogen (secondary N) is 1. The normalized spacial score (nSPS) is 49.4. The molecule has 6 aliphatic rings. The molecule has 40 heavy (non-hydrogen) atoms. The quantitative estimate of drug-likeness (QED) is 0.274. The lowest BCUT2D eigenvalue weighted by Gasteiger charge is -2.71. The van der Waals surface area contributed by atoms with E-state index in [9.17, 15) is 14.7 Å². The minimum atomic E-state index is -0.583. The van der Waals surface area contributed by atoms with E-state index in [1.54, 1.807) is 0 Å². The average Bonchev–Trinajstić information content (AvgIpc) is 3.71. The van der Waals surface area contributed by atoms with Gasteiger partial charge in [-0.05, 0) is 116 Å². The van der Waals surface area contributed by atoms with Crippen LogP contribution in [0.15, 0.2) is 11.6 Å². The van der Waals surface area contributed by atoms with Gasteiger partial charge >= 0.3 is 11.9 Å². The van der Waals surface area contributed by atoms with Gasteiger partial charge in [0, 0.05) is 11.5 Å². The standard InChI is InChI=1S/C35H55NO4/c1-21-12-17-35(30(38)39)19-18-33(6)24(29(35)22(21)2)10-11-26-32(5)15-14-27(40-28(37)20-36-23-8-9-23)31(3,4)25(32)13-16-34(26,33)7/h10,21-23,25-27,29,36H,8-9,11-20H2,1-7H3,(H,38,39)/t21-,22+,25+,26-,27+,29+,32+,33-,34-,35+/m1/s1. The van der Waals surface area contributed by atoms with Crippen LogP contribution in [0.5, 0.6) is 0 Å². The van der Waals surface area contributed by atoms with E-state index in [0.717, 1.165) is 51.4 Å². The van der Waals surface area contributed by atoms with Crippen LogP contribution in [-0.4, -0.2) is 35.7 Å². The summed E-state index contributed by atoms with van der Waals surface area (Å²) in [4.78, 5) is 25.7. The van der Waals surface area contributed by atoms with E-state index in [1.807, 2.05) is 0 Å². The number of carbonyl (C=O) groups is 2. The number of carboxylic acid groups (broad SMARTS) is 1. The van der Waals surface area contributed by atoms with Crippen molar-refractivity contribution in [3.8, 4) is 0 Å². The Morgan fingerprint density at radius 3 is 2.33 bits per heavy atom. The van der Waals surface area contributed by atoms with Crippen molar-refractivity contribution < 1.29 is 19.4 Å². The highest BCUT2D eigenvalue weighted by Gasteiger charge is 2.69. The highest BCUT2D eigenvalue weighted by Crippen LogP contribution is 2.75. The van der Waals surface area contributed by atoms with Crippen LogP contribution in [0.4, 0.5) is 0 Å². The maximum absolute atomic E-state index is 12.9. The van der Waals surface area contributed by atoms with E-state index in [4.69, 9.17) is 4.74 Å². The minimum Gasteiger partial charge on any atom is -0.481 e. The molecular formula is C35H55NO4. The van der Waals surface area contributed by atoms with Gasteiger partial charge in [0.15, 0.2) is 0 Å². The zero-order chi connectivity index (χ0) is 28.9. The smallest absolute Gasteiger partial charge is 0.320 e. The number of carbonyl (C=O) groups excluding carboxylic acids is 1. The summed E-state index contributed by atoms with van der Waals surface area (Å²) in [6, 6.07) is 0.511. The number of fused-ring (bicyclic) bond motifs is 7. The Balaban J connectivity index is 1.30. The number of carboxylic acids is 1. The van der Waals surface area contributed by atoms with Crippen LogP contribution in [0.3, 0.4) is 0 Å². The van der Waals surface area contributed by atoms with Crippen LogP contribution in [0.2, 0.25) is 0 Å². The summed E-state index contributed by atoms with van der Waals surface area (Å²) in [5.41, 5.74) is 1.24. The predicted molar refractivity (Wildman–Crippen MR) is 158 cm³/mol. The fourth-order valence-electron chi connectivity index (χ4n) is 11.8. The zero-order valence-electron chi connectivity index (χ0n) is 26.3. The molecule has 5 fully saturated rings. The lowest BCUT2D eigenvalue weighted by Crippen LogP contribution is -2.65. The Labute approximate surface area is 242 Å². The van der Waals surface area contributed by atoms with E-state index in [-0.39, 0.29) is 39.7 Å². The first-order valence-corrected chi connectivity index (χ1v) is 16.6. The Kier molecular flexibility index (Phi) is 6.70. The van der Waals surface area contributed by atoms with Crippen molar-refractivity contribution in [2.24, 2.45) is 56.7 Å². The third kappa shape index (κ3) is 3.87. The summed E-state index contributed by atoms with van der Waals surface area (Å²) in [5, 5.41) is 14.0. The largest absolute Gasteiger partial charge is 0.481 e. The molecule has 0 aromatic rings. The molecule has 0 bridgehead atoms. The van der Waals surface area contributed by atoms with Gasteiger partial charge in [-0.15, -0.1) is 0 Å². The van der Waals surface area contributed by atoms with Gasteiger partial charge < -0.3 is 15.2 Å². The number of ether oxygens (including phenoxy) is 1. The average molecular weight is 554 g/mol. The van der Waals surface area contributed by atoms with Crippen LogP contribution in [0.25, 0.3) is 0 Å². The number of hydrogen-bond donors (Lipinski definition) is 2. The molecule has 0 spiro atoms. The van der Waals surface area contributed by atoms with E-state index in [1.165, 1.54) is 24.8 Å². The van der Waals surface area contributed by atoms with Crippen LogP contribution < -0.4 is 5.32 Å². The molecule has 0 saturated heterocycles. The number of allylic oxidation sites excluding steroid dienone is 2. The summed E-state index contributed by atoms with van der Waals surface area (Å²) in [6.07, 6.45) is 14.0. The Bertz CT molecular complexity index is 1090. The van der Waals surface area contributed by atoms with Crippen molar-refractivity contribution in [3.63, 3.8) is 0 Å². The van der Waals surface area contributed by atoms with Gasteiger partial charge in [0.25, 0.3) is 0 Å². The topological polar surface area (TPSA) is 75.6 Å². The summed E-state index contributed by atoms with van der Waals surface area (Å²) in [6.45, 7) is 17.4. The Morgan fingerprint density at radius 1 is 0.925 bits per heavy atom. The molecule has 0 radical (unpaired) electrons. The maximum atomic E-state index is 12.9. The molecule has 0 aliphatic heterocycles. The molecule has 2 N–H and O–H groups in total. The molecular weight excluding hydrogens is 498 g/mol. The first kappa shape index (κ1) is 28.7. The van der Waals surface area contributed by atoms with Gasteiger partial charge in [-0.25, -0.2) is 0 Å². The minimum absolute atomic E-state index is 0.0239. The van der Waals surface area contributed by atoms with Crippen molar-refractivity contribution in [3.05, 3.63) is 11.6 Å². The summed E-state index contributed by atoms with van der Waals surface area (Å²) in [7, 11) is 0. The number of esters is 1. The molecule has 5 saturated carbocycles. The van der Waals surface area contributed by atoms with Gasteiger partial charge in [-0.2, -0.15) is 0 Å². The maximum Gasteiger partial charge on any atom is 0.320 e. The molecule has 6 aliphatic carbocycles. The molecule has 5 heteroatoms. The highest BCUT2D eigenvalue weighted by molar-refractivity contribution is 5.76. The molecule has 6 rings (SSSR count). The summed E-state index contributed by atoms with van der Waals surface area (Å²) >= 11 is 0. The van der Waals surface area contributed by atoms with Crippen molar-refractivity contribution in [2.75, 3.05) is 6.54 Å². The van der Waals surface area contributed by atoms with Gasteiger partial charge in [-0.1, -0.05) is 60.1 Å². The summed E-state index contributed by atoms with van der Waals surface area (Å²) in [5.74, 6) is 1.56. The van der Waals surface area contributed by atoms with Crippen molar-refractivity contribution >= 4 is 11.9 Å². The van der Waals surface area contributed by atoms with Crippen LogP contribution in [0, 0.1) is 56.7 Å². The molecule has 0 unspecified atom stereocenters. The zero-order valence-corrected chi connectivity index (χ0v) is 26.3. The van der Waals surface area contributed by atoms with E-state index >= 15 is 0 Å². The van der Waals surface area contributed by atoms with Gasteiger partial charge in [0.1, 0.15) is 6.10 Å². The second-order valence-electron chi connectivity index (χ2n) is 16.6. The Morgan fingerprint density at radius 2 is 1.65 bits per heavy atom. The summed E-state index contributed by atoms with van der Waals surface area (Å²) < 4.78 is 6.19. The highest BCUT2D eigenvalue weighted by atomic mass is 16.5. The molecule has 0 aromatic carbocycles. The van der Waals surface area contributed by atoms with Crippen molar-refractivity contribution in [1.29, 1.82) is 0 Å². The molecule has 0 aromatic heterocycles. The lowest BCUT2D eigenvalue weighted by atomic mass is 9.33. The van der Waals surface area contributed by atoms with E-state index < -0.39 is 11.4 Å². The third-order valence-electron chi connectivity index (χ3n) is 14.7. The number of rotatable bonds is 5. The first-order valence-electron chi connectivity index (χ1n) is 16.6. The second kappa shape index (κ2) is 9.32. The number of hydrogen-bond acceptors (Lipinski definition) is 4. The fourth-order valence-corrected chi connectivity index (χ4v) is 11.8. The fraction of sp³-hybridized carbons (Fsp3) is 0.886. The van der Waals surface area contributed by atoms with E-state index in [2.05, 4.69) is 59.9 Å². The second-order valence-corrected chi connectivity index (χ2v) is 16.6. The lowest BCUT2D eigenvalue weighted by molar-refractivity contribution is -0.214. The molecule has 0 heterocycles. The van der Waals surface area contributed by atoms with Gasteiger partial charge in [0.2, 0.25) is 0 Å². The monoisotopic (exact) mass is 553 g/mol. The molecule has 224 valence electrons. The van der Waals surface area contributed by atoms with Gasteiger partial charge in [0.05, 0.1) is 12.0 Å². The van der Waals surface area contributed by atoms with Gasteiger partial charge in [-0.3, -0.25) is 9.59 Å². The SMILES string of the molecule is C[C@H]1[C@H](C)CC[C@]2(C(=O)O)CC[C@]3(C)C(=CC[C@@H]4[C@@]5(C)CC[C@H](OC(=O)CNC6CC6)C(C)(C)[C@@H]5CC[C@]43C)[C@H]12. The first-order chi connectivity index (χ1) is 18.7. The van der Waals surface area contributed by atoms with Crippen LogP contribution in [-0.2, 0) is 14.3 Å². The predicted octanol–water partition coefficient (Wildman–Crippen LogP) is 7.39. The molecule has 10 atom stereocenters. The van der Waals surface area contributed by atoms with Crippen LogP contribution in [0.1, 0.15) is 119 Å².